The van der Waals surface area contributed by atoms with E-state index in [2.05, 4.69) is 20.2 Å². The van der Waals surface area contributed by atoms with Crippen molar-refractivity contribution in [1.82, 2.24) is 15.3 Å². The second kappa shape index (κ2) is 5.50. The van der Waals surface area contributed by atoms with Gasteiger partial charge in [0.05, 0.1) is 23.7 Å². The number of rotatable bonds is 3. The van der Waals surface area contributed by atoms with Crippen LogP contribution in [0.2, 0.25) is 0 Å². The fourth-order valence-electron chi connectivity index (χ4n) is 2.38. The van der Waals surface area contributed by atoms with E-state index in [0.717, 1.165) is 30.1 Å². The summed E-state index contributed by atoms with van der Waals surface area (Å²) >= 11 is 0. The van der Waals surface area contributed by atoms with E-state index in [0.29, 0.717) is 13.2 Å². The average molecular weight is 274 g/mol. The number of para-hydroxylation sites is 2. The Morgan fingerprint density at radius 2 is 2.40 bits per heavy atom. The number of nitrogens with one attached hydrogen (secondary N) is 2. The molecule has 1 aromatic heterocycles. The quantitative estimate of drug-likeness (QED) is 0.872. The highest BCUT2D eigenvalue weighted by Gasteiger charge is 2.22. The Labute approximate surface area is 117 Å². The number of aromatic nitrogens is 2. The molecule has 0 aliphatic carbocycles. The minimum atomic E-state index is -0.0329. The van der Waals surface area contributed by atoms with Crippen LogP contribution in [0.5, 0.6) is 0 Å². The van der Waals surface area contributed by atoms with E-state index < -0.39 is 0 Å². The highest BCUT2D eigenvalue weighted by Crippen LogP contribution is 2.19. The van der Waals surface area contributed by atoms with Gasteiger partial charge < -0.3 is 19.9 Å². The van der Waals surface area contributed by atoms with Crippen LogP contribution in [0, 0.1) is 0 Å². The third kappa shape index (κ3) is 2.75. The van der Waals surface area contributed by atoms with Gasteiger partial charge in [-0.15, -0.1) is 0 Å². The Bertz CT molecular complexity index is 577. The summed E-state index contributed by atoms with van der Waals surface area (Å²) in [6.45, 7) is 4.21. The van der Waals surface area contributed by atoms with Crippen LogP contribution in [0.4, 0.5) is 5.95 Å². The molecular weight excluding hydrogens is 256 g/mol. The Balaban J connectivity index is 1.71. The number of fused-ring (bicyclic) bond motifs is 1. The molecule has 0 saturated carbocycles. The minimum absolute atomic E-state index is 0.000798. The second-order valence-electron chi connectivity index (χ2n) is 4.95. The maximum absolute atomic E-state index is 11.0. The Morgan fingerprint density at radius 1 is 1.55 bits per heavy atom. The van der Waals surface area contributed by atoms with Gasteiger partial charge in [-0.05, 0) is 12.1 Å². The number of anilines is 1. The van der Waals surface area contributed by atoms with Crippen LogP contribution in [0.25, 0.3) is 11.0 Å². The van der Waals surface area contributed by atoms with E-state index >= 15 is 0 Å². The Hall–Kier alpha value is -2.08. The largest absolute Gasteiger partial charge is 0.373 e. The molecule has 2 aromatic rings. The molecule has 6 nitrogen and oxygen atoms in total. The van der Waals surface area contributed by atoms with Crippen LogP contribution in [-0.2, 0) is 9.53 Å². The van der Waals surface area contributed by atoms with Gasteiger partial charge in [-0.1, -0.05) is 12.1 Å². The van der Waals surface area contributed by atoms with Crippen LogP contribution in [0.3, 0.4) is 0 Å². The number of amides is 1. The standard InChI is InChI=1S/C14H18N4O2/c1-10(19)15-8-11-9-18(6-7-20-11)14-16-12-4-2-3-5-13(12)17-14/h2-5,11H,6-9H2,1H3,(H,15,19)(H,16,17)/t11-/m0/s1. The highest BCUT2D eigenvalue weighted by molar-refractivity contribution is 5.77. The van der Waals surface area contributed by atoms with Gasteiger partial charge in [-0.3, -0.25) is 4.79 Å². The molecule has 0 bridgehead atoms. The molecule has 20 heavy (non-hydrogen) atoms. The maximum Gasteiger partial charge on any atom is 0.216 e. The van der Waals surface area contributed by atoms with Crippen molar-refractivity contribution in [2.75, 3.05) is 31.1 Å². The zero-order valence-corrected chi connectivity index (χ0v) is 11.4. The maximum atomic E-state index is 11.0. The van der Waals surface area contributed by atoms with Crippen molar-refractivity contribution in [2.45, 2.75) is 13.0 Å². The molecule has 1 fully saturated rings. The van der Waals surface area contributed by atoms with Gasteiger partial charge in [0, 0.05) is 26.6 Å². The van der Waals surface area contributed by atoms with Gasteiger partial charge in [0.15, 0.2) is 0 Å². The first-order valence-electron chi connectivity index (χ1n) is 6.78. The summed E-state index contributed by atoms with van der Waals surface area (Å²) in [6, 6.07) is 7.97. The van der Waals surface area contributed by atoms with E-state index in [9.17, 15) is 4.79 Å². The average Bonchev–Trinajstić information content (AvgIpc) is 2.89. The molecule has 1 aliphatic rings. The van der Waals surface area contributed by atoms with Crippen LogP contribution >= 0.6 is 0 Å². The number of nitrogens with zero attached hydrogens (tertiary/aromatic N) is 2. The lowest BCUT2D eigenvalue weighted by Crippen LogP contribution is -2.47. The monoisotopic (exact) mass is 274 g/mol. The number of hydrogen-bond donors (Lipinski definition) is 2. The van der Waals surface area contributed by atoms with E-state index in [4.69, 9.17) is 4.74 Å². The highest BCUT2D eigenvalue weighted by atomic mass is 16.5. The predicted molar refractivity (Wildman–Crippen MR) is 76.7 cm³/mol. The minimum Gasteiger partial charge on any atom is -0.373 e. The number of H-pyrrole nitrogens is 1. The molecule has 1 saturated heterocycles. The smallest absolute Gasteiger partial charge is 0.216 e. The van der Waals surface area contributed by atoms with E-state index in [1.54, 1.807) is 0 Å². The van der Waals surface area contributed by atoms with Gasteiger partial charge >= 0.3 is 0 Å². The summed E-state index contributed by atoms with van der Waals surface area (Å²) in [5.74, 6) is 0.830. The van der Waals surface area contributed by atoms with Crippen LogP contribution < -0.4 is 10.2 Å². The van der Waals surface area contributed by atoms with Gasteiger partial charge in [0.1, 0.15) is 0 Å². The van der Waals surface area contributed by atoms with Gasteiger partial charge in [-0.25, -0.2) is 4.98 Å². The lowest BCUT2D eigenvalue weighted by atomic mass is 10.3. The summed E-state index contributed by atoms with van der Waals surface area (Å²) in [5.41, 5.74) is 2.00. The topological polar surface area (TPSA) is 70.2 Å². The van der Waals surface area contributed by atoms with Gasteiger partial charge in [0.2, 0.25) is 11.9 Å². The molecule has 106 valence electrons. The van der Waals surface area contributed by atoms with Crippen molar-refractivity contribution in [2.24, 2.45) is 0 Å². The molecule has 2 N–H and O–H groups in total. The number of benzene rings is 1. The molecular formula is C14H18N4O2. The van der Waals surface area contributed by atoms with Crippen molar-refractivity contribution in [3.05, 3.63) is 24.3 Å². The van der Waals surface area contributed by atoms with Crippen molar-refractivity contribution in [3.8, 4) is 0 Å². The Kier molecular flexibility index (Phi) is 3.56. The zero-order valence-electron chi connectivity index (χ0n) is 11.4. The fraction of sp³-hybridized carbons (Fsp3) is 0.429. The second-order valence-corrected chi connectivity index (χ2v) is 4.95. The molecule has 1 aromatic carbocycles. The van der Waals surface area contributed by atoms with Crippen LogP contribution in [-0.4, -0.2) is 48.2 Å². The molecule has 2 heterocycles. The first-order chi connectivity index (χ1) is 9.72. The summed E-state index contributed by atoms with van der Waals surface area (Å²) in [6.07, 6.45) is 0.000798. The zero-order chi connectivity index (χ0) is 13.9. The number of carbonyl (C=O) groups excluding carboxylic acids is 1. The van der Waals surface area contributed by atoms with Crippen molar-refractivity contribution < 1.29 is 9.53 Å². The summed E-state index contributed by atoms with van der Waals surface area (Å²) in [4.78, 5) is 21.0. The number of carbonyl (C=O) groups is 1. The molecule has 6 heteroatoms. The summed E-state index contributed by atoms with van der Waals surface area (Å²) < 4.78 is 5.66. The lowest BCUT2D eigenvalue weighted by Gasteiger charge is -2.32. The number of imidazole rings is 1. The van der Waals surface area contributed by atoms with Crippen LogP contribution in [0.1, 0.15) is 6.92 Å². The molecule has 3 rings (SSSR count). The van der Waals surface area contributed by atoms with E-state index in [1.807, 2.05) is 24.3 Å². The third-order valence-electron chi connectivity index (χ3n) is 3.39. The third-order valence-corrected chi connectivity index (χ3v) is 3.39. The molecule has 0 unspecified atom stereocenters. The normalized spacial score (nSPS) is 19.2. The van der Waals surface area contributed by atoms with E-state index in [-0.39, 0.29) is 12.0 Å². The first kappa shape index (κ1) is 12.9. The summed E-state index contributed by atoms with van der Waals surface area (Å²) in [5, 5.41) is 2.79. The number of hydrogen-bond acceptors (Lipinski definition) is 4. The van der Waals surface area contributed by atoms with Gasteiger partial charge in [0.25, 0.3) is 0 Å². The number of morpholine rings is 1. The lowest BCUT2D eigenvalue weighted by molar-refractivity contribution is -0.119. The van der Waals surface area contributed by atoms with Crippen molar-refractivity contribution in [3.63, 3.8) is 0 Å². The molecule has 1 aliphatic heterocycles. The number of aromatic amines is 1. The molecule has 0 spiro atoms. The molecule has 1 atom stereocenters. The fourth-order valence-corrected chi connectivity index (χ4v) is 2.38. The molecule has 0 radical (unpaired) electrons. The Morgan fingerprint density at radius 3 is 3.20 bits per heavy atom. The van der Waals surface area contributed by atoms with Crippen LogP contribution in [0.15, 0.2) is 24.3 Å². The first-order valence-corrected chi connectivity index (χ1v) is 6.78. The SMILES string of the molecule is CC(=O)NC[C@H]1CN(c2nc3ccccc3[nH]2)CCO1. The predicted octanol–water partition coefficient (Wildman–Crippen LogP) is 0.904. The van der Waals surface area contributed by atoms with E-state index in [1.165, 1.54) is 6.92 Å². The molecule has 1 amide bonds. The van der Waals surface area contributed by atoms with Crippen molar-refractivity contribution >= 4 is 22.9 Å². The van der Waals surface area contributed by atoms with Gasteiger partial charge in [-0.2, -0.15) is 0 Å². The summed E-state index contributed by atoms with van der Waals surface area (Å²) in [7, 11) is 0. The number of ether oxygens (including phenoxy) is 1. The van der Waals surface area contributed by atoms with Crippen molar-refractivity contribution in [1.29, 1.82) is 0 Å².